The molecule has 0 spiro atoms. The zero-order chi connectivity index (χ0) is 14.2. The first kappa shape index (κ1) is 15.4. The minimum absolute atomic E-state index is 0.320. The molecule has 0 aliphatic rings. The van der Waals surface area contributed by atoms with E-state index in [0.29, 0.717) is 0 Å². The van der Waals surface area contributed by atoms with E-state index >= 15 is 0 Å². The molecule has 0 saturated carbocycles. The molecule has 0 amide bonds. The molecule has 0 bridgehead atoms. The molecular weight excluding hydrogens is 283 g/mol. The molecular formula is C16H21O2PSi. The molecule has 0 aliphatic heterocycles. The van der Waals surface area contributed by atoms with E-state index in [2.05, 4.69) is 60.7 Å². The summed E-state index contributed by atoms with van der Waals surface area (Å²) in [4.78, 5) is 0. The predicted octanol–water partition coefficient (Wildman–Crippen LogP) is 2.63. The van der Waals surface area contributed by atoms with E-state index in [1.165, 1.54) is 10.6 Å². The van der Waals surface area contributed by atoms with E-state index in [-0.39, 0.29) is 7.92 Å². The maximum absolute atomic E-state index is 5.45. The molecule has 0 unspecified atom stereocenters. The van der Waals surface area contributed by atoms with Gasteiger partial charge in [0.05, 0.1) is 0 Å². The molecule has 2 aromatic rings. The first-order valence-electron chi connectivity index (χ1n) is 6.78. The molecule has 0 radical (unpaired) electrons. The number of rotatable bonds is 7. The molecule has 20 heavy (non-hydrogen) atoms. The van der Waals surface area contributed by atoms with Crippen molar-refractivity contribution in [3.05, 3.63) is 60.7 Å². The van der Waals surface area contributed by atoms with E-state index in [1.807, 2.05) is 0 Å². The maximum atomic E-state index is 5.45. The summed E-state index contributed by atoms with van der Waals surface area (Å²) in [5.41, 5.74) is 0. The van der Waals surface area contributed by atoms with Gasteiger partial charge in [-0.1, -0.05) is 60.7 Å². The Labute approximate surface area is 124 Å². The highest BCUT2D eigenvalue weighted by Gasteiger charge is 2.17. The molecule has 106 valence electrons. The molecule has 0 heterocycles. The van der Waals surface area contributed by atoms with Gasteiger partial charge in [0, 0.05) is 14.2 Å². The van der Waals surface area contributed by atoms with Crippen LogP contribution in [0.15, 0.2) is 60.7 Å². The largest absolute Gasteiger partial charge is 0.400 e. The lowest BCUT2D eigenvalue weighted by Gasteiger charge is -2.20. The van der Waals surface area contributed by atoms with Crippen molar-refractivity contribution in [3.8, 4) is 0 Å². The molecule has 2 aromatic carbocycles. The summed E-state index contributed by atoms with van der Waals surface area (Å²) in [6.07, 6.45) is 1.13. The zero-order valence-corrected chi connectivity index (χ0v) is 14.1. The third-order valence-electron chi connectivity index (χ3n) is 3.25. The quantitative estimate of drug-likeness (QED) is 0.578. The van der Waals surface area contributed by atoms with Gasteiger partial charge in [0.25, 0.3) is 0 Å². The summed E-state index contributed by atoms with van der Waals surface area (Å²) in [6.45, 7) is 0. The summed E-state index contributed by atoms with van der Waals surface area (Å²) in [5.74, 6) is 0. The number of hydrogen-bond acceptors (Lipinski definition) is 2. The lowest BCUT2D eigenvalue weighted by Crippen LogP contribution is -2.22. The van der Waals surface area contributed by atoms with Crippen LogP contribution in [0.25, 0.3) is 0 Å². The van der Waals surface area contributed by atoms with Crippen molar-refractivity contribution in [2.24, 2.45) is 0 Å². The maximum Gasteiger partial charge on any atom is 0.321 e. The van der Waals surface area contributed by atoms with Crippen LogP contribution in [0.5, 0.6) is 0 Å². The normalized spacial score (nSPS) is 11.2. The number of benzene rings is 2. The Bertz CT molecular complexity index is 449. The first-order chi connectivity index (χ1) is 9.85. The van der Waals surface area contributed by atoms with E-state index in [0.717, 1.165) is 12.2 Å². The predicted molar refractivity (Wildman–Crippen MR) is 89.9 cm³/mol. The smallest absolute Gasteiger partial charge is 0.321 e. The van der Waals surface area contributed by atoms with Crippen LogP contribution in [-0.2, 0) is 8.85 Å². The zero-order valence-electron chi connectivity index (χ0n) is 12.0. The first-order valence-corrected chi connectivity index (χ1v) is 10.1. The van der Waals surface area contributed by atoms with Gasteiger partial charge < -0.3 is 8.85 Å². The fraction of sp³-hybridized carbons (Fsp3) is 0.250. The lowest BCUT2D eigenvalue weighted by molar-refractivity contribution is 0.279. The Morgan fingerprint density at radius 1 is 0.800 bits per heavy atom. The van der Waals surface area contributed by atoms with Crippen LogP contribution in [0.4, 0.5) is 0 Å². The van der Waals surface area contributed by atoms with Gasteiger partial charge in [-0.05, 0) is 30.7 Å². The molecule has 0 atom stereocenters. The average molecular weight is 304 g/mol. The Kier molecular flexibility index (Phi) is 6.41. The molecule has 0 aliphatic carbocycles. The summed E-state index contributed by atoms with van der Waals surface area (Å²) in [5, 5.41) is 2.85. The van der Waals surface area contributed by atoms with Crippen LogP contribution in [0.1, 0.15) is 0 Å². The van der Waals surface area contributed by atoms with E-state index in [1.54, 1.807) is 14.2 Å². The van der Waals surface area contributed by atoms with Crippen LogP contribution in [0.3, 0.4) is 0 Å². The number of hydrogen-bond donors (Lipinski definition) is 0. The van der Waals surface area contributed by atoms with Crippen LogP contribution in [0, 0.1) is 0 Å². The molecule has 0 saturated heterocycles. The van der Waals surface area contributed by atoms with Crippen molar-refractivity contribution < 1.29 is 8.85 Å². The minimum atomic E-state index is -1.48. The van der Waals surface area contributed by atoms with Crippen LogP contribution >= 0.6 is 7.92 Å². The second-order valence-electron chi connectivity index (χ2n) is 4.51. The highest BCUT2D eigenvalue weighted by molar-refractivity contribution is 7.73. The van der Waals surface area contributed by atoms with E-state index in [4.69, 9.17) is 8.85 Å². The third kappa shape index (κ3) is 4.25. The van der Waals surface area contributed by atoms with Crippen molar-refractivity contribution in [2.75, 3.05) is 20.4 Å². The van der Waals surface area contributed by atoms with Crippen molar-refractivity contribution >= 4 is 27.8 Å². The fourth-order valence-corrected chi connectivity index (χ4v) is 6.61. The van der Waals surface area contributed by atoms with Crippen molar-refractivity contribution in [3.63, 3.8) is 0 Å². The molecule has 4 heteroatoms. The second-order valence-corrected chi connectivity index (χ2v) is 9.23. The average Bonchev–Trinajstić information content (AvgIpc) is 2.53. The Hall–Kier alpha value is -0.993. The molecule has 0 fully saturated rings. The summed E-state index contributed by atoms with van der Waals surface area (Å²) in [7, 11) is 1.72. The van der Waals surface area contributed by atoms with Gasteiger partial charge in [0.15, 0.2) is 0 Å². The summed E-state index contributed by atoms with van der Waals surface area (Å²) in [6, 6.07) is 22.6. The van der Waals surface area contributed by atoms with E-state index in [9.17, 15) is 0 Å². The van der Waals surface area contributed by atoms with Gasteiger partial charge in [0.1, 0.15) is 0 Å². The molecule has 0 aromatic heterocycles. The standard InChI is InChI=1S/C16H21O2PSi/c1-17-20(18-2)14-13-19(15-9-5-3-6-10-15)16-11-7-4-8-12-16/h3-12,20H,13-14H2,1-2H3. The third-order valence-corrected chi connectivity index (χ3v) is 8.10. The highest BCUT2D eigenvalue weighted by Crippen LogP contribution is 2.34. The van der Waals surface area contributed by atoms with Crippen LogP contribution < -0.4 is 10.6 Å². The Morgan fingerprint density at radius 2 is 1.25 bits per heavy atom. The second kappa shape index (κ2) is 8.33. The van der Waals surface area contributed by atoms with Crippen molar-refractivity contribution in [1.29, 1.82) is 0 Å². The van der Waals surface area contributed by atoms with Gasteiger partial charge in [0.2, 0.25) is 0 Å². The van der Waals surface area contributed by atoms with Gasteiger partial charge >= 0.3 is 9.28 Å². The van der Waals surface area contributed by atoms with Crippen LogP contribution in [-0.4, -0.2) is 29.7 Å². The highest BCUT2D eigenvalue weighted by atomic mass is 31.1. The Balaban J connectivity index is 2.17. The molecule has 0 N–H and O–H groups in total. The van der Waals surface area contributed by atoms with Gasteiger partial charge in [-0.15, -0.1) is 0 Å². The summed E-state index contributed by atoms with van der Waals surface area (Å²) >= 11 is 0. The van der Waals surface area contributed by atoms with Gasteiger partial charge in [-0.3, -0.25) is 0 Å². The van der Waals surface area contributed by atoms with Crippen LogP contribution in [0.2, 0.25) is 6.04 Å². The summed E-state index contributed by atoms with van der Waals surface area (Å²) < 4.78 is 10.9. The SMILES string of the molecule is CO[SiH](CCP(c1ccccc1)c1ccccc1)OC. The van der Waals surface area contributed by atoms with Gasteiger partial charge in [-0.2, -0.15) is 0 Å². The molecule has 2 rings (SSSR count). The Morgan fingerprint density at radius 3 is 1.65 bits per heavy atom. The fourth-order valence-electron chi connectivity index (χ4n) is 2.19. The van der Waals surface area contributed by atoms with Crippen molar-refractivity contribution in [1.82, 2.24) is 0 Å². The molecule has 2 nitrogen and oxygen atoms in total. The van der Waals surface area contributed by atoms with E-state index < -0.39 is 9.28 Å². The lowest BCUT2D eigenvalue weighted by atomic mass is 10.4. The van der Waals surface area contributed by atoms with Crippen molar-refractivity contribution in [2.45, 2.75) is 6.04 Å². The monoisotopic (exact) mass is 304 g/mol. The topological polar surface area (TPSA) is 18.5 Å². The minimum Gasteiger partial charge on any atom is -0.400 e. The van der Waals surface area contributed by atoms with Gasteiger partial charge in [-0.25, -0.2) is 0 Å².